The molecule has 0 saturated heterocycles. The van der Waals surface area contributed by atoms with E-state index in [2.05, 4.69) is 0 Å². The predicted octanol–water partition coefficient (Wildman–Crippen LogP) is 2.00. The van der Waals surface area contributed by atoms with Gasteiger partial charge < -0.3 is 29.7 Å². The molecule has 0 amide bonds. The van der Waals surface area contributed by atoms with Crippen LogP contribution >= 0.6 is 0 Å². The fraction of sp³-hybridized carbons (Fsp3) is 0.222. The van der Waals surface area contributed by atoms with Crippen LogP contribution in [-0.2, 0) is 17.4 Å². The SMILES string of the molecule is Cc1cc(C)cc(C(=O)[O-])c1.Cc1cc(C)cc(C(=O)[O-])c1.Cc1cc(C)cc(C(=O)[O-])c1.[Cr+3]. The van der Waals surface area contributed by atoms with E-state index in [9.17, 15) is 29.7 Å². The summed E-state index contributed by atoms with van der Waals surface area (Å²) in [5.41, 5.74) is 6.45. The number of benzene rings is 3. The maximum Gasteiger partial charge on any atom is 3.00 e. The summed E-state index contributed by atoms with van der Waals surface area (Å²) in [5.74, 6) is -3.34. The van der Waals surface area contributed by atoms with Crippen LogP contribution in [0.1, 0.15) is 64.5 Å². The molecular formula is C27H27CrO6. The van der Waals surface area contributed by atoms with E-state index in [1.807, 2.05) is 59.7 Å². The van der Waals surface area contributed by atoms with E-state index in [0.717, 1.165) is 33.4 Å². The molecule has 7 heteroatoms. The van der Waals surface area contributed by atoms with Crippen LogP contribution in [0.2, 0.25) is 0 Å². The minimum Gasteiger partial charge on any atom is -0.545 e. The second-order valence-electron chi connectivity index (χ2n) is 7.99. The molecule has 0 unspecified atom stereocenters. The number of carbonyl (C=O) groups excluding carboxylic acids is 3. The van der Waals surface area contributed by atoms with Gasteiger partial charge in [0, 0.05) is 0 Å². The van der Waals surface area contributed by atoms with E-state index >= 15 is 0 Å². The van der Waals surface area contributed by atoms with Crippen LogP contribution in [0, 0.1) is 41.5 Å². The Bertz CT molecular complexity index is 961. The van der Waals surface area contributed by atoms with Crippen molar-refractivity contribution in [3.63, 3.8) is 0 Å². The Morgan fingerprint density at radius 2 is 0.559 bits per heavy atom. The molecule has 1 radical (unpaired) electrons. The fourth-order valence-electron chi connectivity index (χ4n) is 3.28. The van der Waals surface area contributed by atoms with Gasteiger partial charge in [0.15, 0.2) is 0 Å². The molecule has 177 valence electrons. The molecule has 6 nitrogen and oxygen atoms in total. The summed E-state index contributed by atoms with van der Waals surface area (Å²) in [6.07, 6.45) is 0. The summed E-state index contributed by atoms with van der Waals surface area (Å²) in [6.45, 7) is 11.2. The van der Waals surface area contributed by atoms with Crippen molar-refractivity contribution in [3.05, 3.63) is 105 Å². The first kappa shape index (κ1) is 30.6. The van der Waals surface area contributed by atoms with E-state index in [0.29, 0.717) is 0 Å². The number of carboxylic acid groups (broad SMARTS) is 3. The molecule has 0 N–H and O–H groups in total. The van der Waals surface area contributed by atoms with E-state index < -0.39 is 17.9 Å². The van der Waals surface area contributed by atoms with Gasteiger partial charge in [-0.3, -0.25) is 0 Å². The van der Waals surface area contributed by atoms with Gasteiger partial charge in [0.1, 0.15) is 0 Å². The smallest absolute Gasteiger partial charge is 0.545 e. The second kappa shape index (κ2) is 14.0. The molecule has 0 bridgehead atoms. The molecule has 34 heavy (non-hydrogen) atoms. The predicted molar refractivity (Wildman–Crippen MR) is 121 cm³/mol. The molecule has 0 spiro atoms. The first-order valence-electron chi connectivity index (χ1n) is 10.2. The van der Waals surface area contributed by atoms with Gasteiger partial charge in [-0.2, -0.15) is 0 Å². The molecule has 0 saturated carbocycles. The van der Waals surface area contributed by atoms with Crippen molar-refractivity contribution in [2.75, 3.05) is 0 Å². The number of carboxylic acids is 3. The van der Waals surface area contributed by atoms with Crippen molar-refractivity contribution in [2.45, 2.75) is 41.5 Å². The van der Waals surface area contributed by atoms with Gasteiger partial charge in [-0.15, -0.1) is 0 Å². The maximum absolute atomic E-state index is 10.4. The second-order valence-corrected chi connectivity index (χ2v) is 7.99. The molecule has 0 aromatic heterocycles. The van der Waals surface area contributed by atoms with Gasteiger partial charge in [0.2, 0.25) is 0 Å². The van der Waals surface area contributed by atoms with Gasteiger partial charge >= 0.3 is 17.4 Å². The number of hydrogen-bond acceptors (Lipinski definition) is 6. The van der Waals surface area contributed by atoms with Crippen molar-refractivity contribution in [3.8, 4) is 0 Å². The third-order valence-electron chi connectivity index (χ3n) is 4.37. The Kier molecular flexibility index (Phi) is 12.6. The summed E-state index contributed by atoms with van der Waals surface area (Å²) in [5, 5.41) is 31.2. The van der Waals surface area contributed by atoms with Crippen molar-refractivity contribution in [2.24, 2.45) is 0 Å². The Labute approximate surface area is 211 Å². The van der Waals surface area contributed by atoms with Crippen LogP contribution < -0.4 is 15.3 Å². The number of aryl methyl sites for hydroxylation is 6. The minimum atomic E-state index is -1.11. The molecular weight excluding hydrogens is 472 g/mol. The Hall–Kier alpha value is -3.40. The normalized spacial score (nSPS) is 9.35. The molecule has 0 heterocycles. The van der Waals surface area contributed by atoms with Gasteiger partial charge in [-0.1, -0.05) is 88.0 Å². The molecule has 0 aliphatic heterocycles. The zero-order valence-electron chi connectivity index (χ0n) is 20.1. The average Bonchev–Trinajstić information content (AvgIpc) is 2.66. The molecule has 0 aliphatic rings. The quantitative estimate of drug-likeness (QED) is 0.544. The number of carbonyl (C=O) groups is 3. The monoisotopic (exact) mass is 499 g/mol. The van der Waals surface area contributed by atoms with E-state index in [1.165, 1.54) is 0 Å². The van der Waals surface area contributed by atoms with Crippen LogP contribution in [0.5, 0.6) is 0 Å². The minimum absolute atomic E-state index is 0. The third-order valence-corrected chi connectivity index (χ3v) is 4.37. The van der Waals surface area contributed by atoms with Crippen molar-refractivity contribution in [1.29, 1.82) is 0 Å². The van der Waals surface area contributed by atoms with E-state index in [-0.39, 0.29) is 34.1 Å². The Balaban J connectivity index is 0.000000473. The standard InChI is InChI=1S/3C9H10O2.Cr/c3*1-6-3-7(2)5-8(4-6)9(10)11;/h3*3-5H,1-2H3,(H,10,11);/q;;;+3/p-3. The topological polar surface area (TPSA) is 120 Å². The Morgan fingerprint density at radius 1 is 0.412 bits per heavy atom. The summed E-state index contributed by atoms with van der Waals surface area (Å²) < 4.78 is 0. The van der Waals surface area contributed by atoms with Crippen LogP contribution in [-0.4, -0.2) is 17.9 Å². The first-order chi connectivity index (χ1) is 15.3. The van der Waals surface area contributed by atoms with Gasteiger partial charge in [-0.25, -0.2) is 0 Å². The number of rotatable bonds is 3. The zero-order valence-corrected chi connectivity index (χ0v) is 21.3. The molecule has 3 aromatic rings. The number of aromatic carboxylic acids is 3. The average molecular weight is 500 g/mol. The first-order valence-corrected chi connectivity index (χ1v) is 10.2. The van der Waals surface area contributed by atoms with Crippen LogP contribution in [0.3, 0.4) is 0 Å². The summed E-state index contributed by atoms with van der Waals surface area (Å²) >= 11 is 0. The number of hydrogen-bond donors (Lipinski definition) is 0. The third kappa shape index (κ3) is 11.0. The Morgan fingerprint density at radius 3 is 0.676 bits per heavy atom. The fourth-order valence-corrected chi connectivity index (χ4v) is 3.28. The maximum atomic E-state index is 10.4. The van der Waals surface area contributed by atoms with Gasteiger partial charge in [-0.05, 0) is 58.2 Å². The molecule has 3 rings (SSSR count). The van der Waals surface area contributed by atoms with Gasteiger partial charge in [0.25, 0.3) is 0 Å². The van der Waals surface area contributed by atoms with E-state index in [1.54, 1.807) is 36.4 Å². The summed E-state index contributed by atoms with van der Waals surface area (Å²) in [4.78, 5) is 31.2. The van der Waals surface area contributed by atoms with Crippen LogP contribution in [0.25, 0.3) is 0 Å². The largest absolute Gasteiger partial charge is 3.00 e. The van der Waals surface area contributed by atoms with Crippen molar-refractivity contribution in [1.82, 2.24) is 0 Å². The van der Waals surface area contributed by atoms with Crippen molar-refractivity contribution < 1.29 is 47.1 Å². The van der Waals surface area contributed by atoms with E-state index in [4.69, 9.17) is 0 Å². The molecule has 0 atom stereocenters. The van der Waals surface area contributed by atoms with Crippen LogP contribution in [0.15, 0.2) is 54.6 Å². The molecule has 0 aliphatic carbocycles. The van der Waals surface area contributed by atoms with Crippen molar-refractivity contribution >= 4 is 17.9 Å². The molecule has 0 fully saturated rings. The summed E-state index contributed by atoms with van der Waals surface area (Å²) in [7, 11) is 0. The van der Waals surface area contributed by atoms with Crippen LogP contribution in [0.4, 0.5) is 0 Å². The zero-order chi connectivity index (χ0) is 25.3. The summed E-state index contributed by atoms with van der Waals surface area (Å²) in [6, 6.07) is 15.4. The molecule has 3 aromatic carbocycles. The van der Waals surface area contributed by atoms with Gasteiger partial charge in [0.05, 0.1) is 17.9 Å².